The first-order valence-corrected chi connectivity index (χ1v) is 15.8. The van der Waals surface area contributed by atoms with Crippen LogP contribution in [0.5, 0.6) is 11.5 Å². The van der Waals surface area contributed by atoms with E-state index in [1.54, 1.807) is 24.1 Å². The Bertz CT molecular complexity index is 1270. The zero-order valence-corrected chi connectivity index (χ0v) is 25.3. The Kier molecular flexibility index (Phi) is 11.5. The molecule has 40 heavy (non-hydrogen) atoms. The molecule has 1 N–H and O–H groups in total. The highest BCUT2D eigenvalue weighted by Gasteiger charge is 2.31. The molecule has 2 aromatic rings. The summed E-state index contributed by atoms with van der Waals surface area (Å²) < 4.78 is 37.0. The molecule has 2 amide bonds. The normalized spacial score (nSPS) is 14.4. The van der Waals surface area contributed by atoms with Crippen LogP contribution in [0, 0.1) is 0 Å². The topological polar surface area (TPSA) is 105 Å². The number of carbonyl (C=O) groups is 2. The second kappa shape index (κ2) is 14.6. The number of nitrogens with one attached hydrogen (secondary N) is 1. The average Bonchev–Trinajstić information content (AvgIpc) is 3.43. The minimum Gasteiger partial charge on any atom is -0.497 e. The average molecular weight is 594 g/mol. The van der Waals surface area contributed by atoms with Gasteiger partial charge < -0.3 is 19.7 Å². The molecule has 1 unspecified atom stereocenters. The van der Waals surface area contributed by atoms with Gasteiger partial charge >= 0.3 is 0 Å². The lowest BCUT2D eigenvalue weighted by Crippen LogP contribution is -2.51. The van der Waals surface area contributed by atoms with Crippen molar-refractivity contribution in [3.63, 3.8) is 0 Å². The van der Waals surface area contributed by atoms with E-state index in [1.165, 1.54) is 17.5 Å². The van der Waals surface area contributed by atoms with Gasteiger partial charge in [0.2, 0.25) is 21.8 Å². The molecule has 1 fully saturated rings. The van der Waals surface area contributed by atoms with Gasteiger partial charge in [-0.25, -0.2) is 8.42 Å². The monoisotopic (exact) mass is 593 g/mol. The lowest BCUT2D eigenvalue weighted by Gasteiger charge is -2.32. The van der Waals surface area contributed by atoms with Crippen LogP contribution in [0.3, 0.4) is 0 Å². The fraction of sp³-hybridized carbons (Fsp3) is 0.517. The highest BCUT2D eigenvalue weighted by atomic mass is 35.5. The van der Waals surface area contributed by atoms with Crippen molar-refractivity contribution in [2.24, 2.45) is 0 Å². The molecule has 3 rings (SSSR count). The Morgan fingerprint density at radius 3 is 2.42 bits per heavy atom. The Morgan fingerprint density at radius 1 is 1.10 bits per heavy atom. The van der Waals surface area contributed by atoms with Crippen molar-refractivity contribution in [3.05, 3.63) is 53.1 Å². The van der Waals surface area contributed by atoms with Crippen LogP contribution in [-0.2, 0) is 26.2 Å². The second-order valence-corrected chi connectivity index (χ2v) is 12.4. The van der Waals surface area contributed by atoms with Crippen LogP contribution in [0.1, 0.15) is 57.4 Å². The number of anilines is 1. The number of ether oxygens (including phenoxy) is 2. The third-order valence-electron chi connectivity index (χ3n) is 7.15. The maximum Gasteiger partial charge on any atom is 0.243 e. The SMILES string of the molecule is CCC(C(=O)NC1CCCC1)N(Cc1cccc(OC)c1)C(=O)CCCN(c1ccc(OC)c(Cl)c1)S(C)(=O)=O. The summed E-state index contributed by atoms with van der Waals surface area (Å²) in [5.74, 6) is 0.716. The van der Waals surface area contributed by atoms with E-state index in [4.69, 9.17) is 21.1 Å². The molecule has 0 spiro atoms. The third-order valence-corrected chi connectivity index (χ3v) is 8.64. The van der Waals surface area contributed by atoms with E-state index >= 15 is 0 Å². The van der Waals surface area contributed by atoms with Crippen LogP contribution >= 0.6 is 11.6 Å². The van der Waals surface area contributed by atoms with E-state index < -0.39 is 16.1 Å². The number of methoxy groups -OCH3 is 2. The van der Waals surface area contributed by atoms with Gasteiger partial charge in [0.15, 0.2) is 0 Å². The molecule has 0 bridgehead atoms. The van der Waals surface area contributed by atoms with Gasteiger partial charge in [0.25, 0.3) is 0 Å². The summed E-state index contributed by atoms with van der Waals surface area (Å²) in [6, 6.07) is 11.6. The van der Waals surface area contributed by atoms with Gasteiger partial charge in [-0.15, -0.1) is 0 Å². The maximum atomic E-state index is 13.7. The molecule has 1 atom stereocenters. The minimum absolute atomic E-state index is 0.0626. The molecule has 0 aromatic heterocycles. The van der Waals surface area contributed by atoms with E-state index in [1.807, 2.05) is 31.2 Å². The van der Waals surface area contributed by atoms with E-state index in [0.29, 0.717) is 23.6 Å². The zero-order valence-electron chi connectivity index (χ0n) is 23.7. The smallest absolute Gasteiger partial charge is 0.243 e. The first-order valence-electron chi connectivity index (χ1n) is 13.6. The molecular weight excluding hydrogens is 554 g/mol. The molecule has 220 valence electrons. The molecule has 0 radical (unpaired) electrons. The van der Waals surface area contributed by atoms with Gasteiger partial charge in [0, 0.05) is 25.6 Å². The minimum atomic E-state index is -3.65. The Morgan fingerprint density at radius 2 is 1.82 bits per heavy atom. The van der Waals surface area contributed by atoms with Crippen molar-refractivity contribution >= 4 is 39.1 Å². The molecule has 9 nitrogen and oxygen atoms in total. The molecule has 2 aromatic carbocycles. The Balaban J connectivity index is 1.78. The van der Waals surface area contributed by atoms with Crippen LogP contribution < -0.4 is 19.1 Å². The maximum absolute atomic E-state index is 13.7. The lowest BCUT2D eigenvalue weighted by molar-refractivity contribution is -0.141. The van der Waals surface area contributed by atoms with E-state index in [9.17, 15) is 18.0 Å². The number of halogens is 1. The molecule has 1 saturated carbocycles. The molecule has 11 heteroatoms. The van der Waals surface area contributed by atoms with Gasteiger partial charge in [0.1, 0.15) is 17.5 Å². The van der Waals surface area contributed by atoms with Crippen molar-refractivity contribution in [2.75, 3.05) is 31.3 Å². The zero-order chi connectivity index (χ0) is 29.3. The van der Waals surface area contributed by atoms with Gasteiger partial charge in [-0.05, 0) is 61.6 Å². The largest absolute Gasteiger partial charge is 0.497 e. The van der Waals surface area contributed by atoms with E-state index in [-0.39, 0.29) is 48.8 Å². The summed E-state index contributed by atoms with van der Waals surface area (Å²) in [5.41, 5.74) is 1.22. The predicted octanol–water partition coefficient (Wildman–Crippen LogP) is 4.77. The lowest BCUT2D eigenvalue weighted by atomic mass is 10.1. The summed E-state index contributed by atoms with van der Waals surface area (Å²) in [7, 11) is -0.585. The number of amides is 2. The number of benzene rings is 2. The summed E-state index contributed by atoms with van der Waals surface area (Å²) >= 11 is 6.24. The summed E-state index contributed by atoms with van der Waals surface area (Å²) in [4.78, 5) is 28.6. The summed E-state index contributed by atoms with van der Waals surface area (Å²) in [6.07, 6.45) is 5.95. The van der Waals surface area contributed by atoms with Crippen LogP contribution in [-0.4, -0.2) is 64.2 Å². The number of carbonyl (C=O) groups excluding carboxylic acids is 2. The molecular formula is C29H40ClN3O6S. The standard InChI is InChI=1S/C29H40ClN3O6S/c1-5-26(29(35)31-22-11-6-7-12-22)32(20-21-10-8-13-24(18-21)38-2)28(34)14-9-17-33(40(4,36)37)23-15-16-27(39-3)25(30)19-23/h8,10,13,15-16,18-19,22,26H,5-7,9,11-12,14,17,20H2,1-4H3,(H,31,35). The highest BCUT2D eigenvalue weighted by Crippen LogP contribution is 2.30. The fourth-order valence-corrected chi connectivity index (χ4v) is 6.28. The van der Waals surface area contributed by atoms with Crippen molar-refractivity contribution < 1.29 is 27.5 Å². The third kappa shape index (κ3) is 8.51. The van der Waals surface area contributed by atoms with Crippen molar-refractivity contribution in [2.45, 2.75) is 70.5 Å². The van der Waals surface area contributed by atoms with E-state index in [2.05, 4.69) is 5.32 Å². The van der Waals surface area contributed by atoms with Crippen LogP contribution in [0.25, 0.3) is 0 Å². The van der Waals surface area contributed by atoms with Gasteiger partial charge in [-0.3, -0.25) is 13.9 Å². The number of sulfonamides is 1. The van der Waals surface area contributed by atoms with Gasteiger partial charge in [-0.1, -0.05) is 43.5 Å². The first kappa shape index (κ1) is 31.5. The predicted molar refractivity (Wildman–Crippen MR) is 157 cm³/mol. The van der Waals surface area contributed by atoms with E-state index in [0.717, 1.165) is 37.5 Å². The number of rotatable bonds is 14. The van der Waals surface area contributed by atoms with Crippen LogP contribution in [0.4, 0.5) is 5.69 Å². The molecule has 0 aliphatic heterocycles. The van der Waals surface area contributed by atoms with Crippen LogP contribution in [0.15, 0.2) is 42.5 Å². The molecule has 1 aliphatic carbocycles. The highest BCUT2D eigenvalue weighted by molar-refractivity contribution is 7.92. The van der Waals surface area contributed by atoms with Gasteiger partial charge in [-0.2, -0.15) is 0 Å². The van der Waals surface area contributed by atoms with Crippen molar-refractivity contribution in [3.8, 4) is 11.5 Å². The molecule has 1 aliphatic rings. The molecule has 0 saturated heterocycles. The molecule has 0 heterocycles. The number of hydrogen-bond donors (Lipinski definition) is 1. The first-order chi connectivity index (χ1) is 19.1. The number of hydrogen-bond acceptors (Lipinski definition) is 6. The summed E-state index contributed by atoms with van der Waals surface area (Å²) in [6.45, 7) is 2.20. The number of nitrogens with zero attached hydrogens (tertiary/aromatic N) is 2. The van der Waals surface area contributed by atoms with Gasteiger partial charge in [0.05, 0.1) is 31.2 Å². The summed E-state index contributed by atoms with van der Waals surface area (Å²) in [5, 5.41) is 3.42. The second-order valence-electron chi connectivity index (χ2n) is 10.0. The Hall–Kier alpha value is -2.98. The quantitative estimate of drug-likeness (QED) is 0.338. The van der Waals surface area contributed by atoms with Crippen LogP contribution in [0.2, 0.25) is 5.02 Å². The Labute approximate surface area is 242 Å². The fourth-order valence-electron chi connectivity index (χ4n) is 5.07. The van der Waals surface area contributed by atoms with Crippen molar-refractivity contribution in [1.82, 2.24) is 10.2 Å². The van der Waals surface area contributed by atoms with Crippen molar-refractivity contribution in [1.29, 1.82) is 0 Å².